The molecule has 0 spiro atoms. The molecular formula is C17H10Cl3N3O3. The van der Waals surface area contributed by atoms with Gasteiger partial charge in [0.2, 0.25) is 6.79 Å². The van der Waals surface area contributed by atoms with Gasteiger partial charge in [-0.15, -0.1) is 0 Å². The van der Waals surface area contributed by atoms with Gasteiger partial charge in [-0.3, -0.25) is 10.2 Å². The zero-order valence-corrected chi connectivity index (χ0v) is 15.2. The van der Waals surface area contributed by atoms with Crippen LogP contribution in [-0.4, -0.2) is 18.0 Å². The topological polar surface area (TPSA) is 75.7 Å². The van der Waals surface area contributed by atoms with E-state index in [1.165, 1.54) is 6.21 Å². The molecule has 1 aromatic heterocycles. The largest absolute Gasteiger partial charge is 0.454 e. The van der Waals surface area contributed by atoms with Gasteiger partial charge in [0.25, 0.3) is 5.56 Å². The number of aromatic amines is 1. The van der Waals surface area contributed by atoms with E-state index in [0.717, 1.165) is 5.39 Å². The van der Waals surface area contributed by atoms with Crippen LogP contribution in [0.5, 0.6) is 11.5 Å². The number of nitrogens with zero attached hydrogens (tertiary/aromatic N) is 1. The third-order valence-electron chi connectivity index (χ3n) is 3.75. The Labute approximate surface area is 162 Å². The van der Waals surface area contributed by atoms with E-state index in [9.17, 15) is 4.79 Å². The van der Waals surface area contributed by atoms with Gasteiger partial charge in [-0.1, -0.05) is 34.8 Å². The Hall–Kier alpha value is -2.41. The zero-order chi connectivity index (χ0) is 18.3. The Bertz CT molecular complexity index is 1090. The molecule has 0 aliphatic carbocycles. The van der Waals surface area contributed by atoms with Crippen LogP contribution >= 0.6 is 34.8 Å². The van der Waals surface area contributed by atoms with Crippen LogP contribution in [0.4, 0.5) is 5.69 Å². The van der Waals surface area contributed by atoms with Crippen molar-refractivity contribution in [2.75, 3.05) is 12.2 Å². The standard InChI is InChI=1S/C17H10Cl3N3O3/c18-10-3-11(19)16(12(20)4-10)23-21-6-9-1-8-2-14-15(26-7-25-14)5-13(8)22-17(9)24/h1-6,23H,7H2,(H,22,24)/b21-6-. The number of aromatic nitrogens is 1. The molecule has 0 atom stereocenters. The van der Waals surface area contributed by atoms with Gasteiger partial charge >= 0.3 is 0 Å². The van der Waals surface area contributed by atoms with Crippen molar-refractivity contribution in [3.63, 3.8) is 0 Å². The monoisotopic (exact) mass is 409 g/mol. The minimum atomic E-state index is -0.296. The molecular weight excluding hydrogens is 401 g/mol. The first kappa shape index (κ1) is 17.0. The fourth-order valence-corrected chi connectivity index (χ4v) is 3.43. The van der Waals surface area contributed by atoms with Gasteiger partial charge in [-0.2, -0.15) is 5.10 Å². The van der Waals surface area contributed by atoms with Crippen molar-refractivity contribution >= 4 is 57.6 Å². The van der Waals surface area contributed by atoms with Crippen LogP contribution < -0.4 is 20.5 Å². The van der Waals surface area contributed by atoms with E-state index >= 15 is 0 Å². The predicted molar refractivity (Wildman–Crippen MR) is 103 cm³/mol. The SMILES string of the molecule is O=c1[nH]c2cc3c(cc2cc1/C=N\Nc1c(Cl)cc(Cl)cc1Cl)OCO3. The summed E-state index contributed by atoms with van der Waals surface area (Å²) in [7, 11) is 0. The van der Waals surface area contributed by atoms with Crippen LogP contribution in [-0.2, 0) is 0 Å². The van der Waals surface area contributed by atoms with Crippen LogP contribution in [0.3, 0.4) is 0 Å². The highest BCUT2D eigenvalue weighted by atomic mass is 35.5. The van der Waals surface area contributed by atoms with Crippen LogP contribution in [0, 0.1) is 0 Å². The van der Waals surface area contributed by atoms with E-state index in [2.05, 4.69) is 15.5 Å². The van der Waals surface area contributed by atoms with Crippen LogP contribution in [0.1, 0.15) is 5.56 Å². The maximum absolute atomic E-state index is 12.2. The molecule has 1 aliphatic heterocycles. The molecule has 0 unspecified atom stereocenters. The third-order valence-corrected chi connectivity index (χ3v) is 4.57. The summed E-state index contributed by atoms with van der Waals surface area (Å²) >= 11 is 18.0. The van der Waals surface area contributed by atoms with E-state index in [4.69, 9.17) is 44.3 Å². The third kappa shape index (κ3) is 3.19. The van der Waals surface area contributed by atoms with Crippen LogP contribution in [0.25, 0.3) is 10.9 Å². The quantitative estimate of drug-likeness (QED) is 0.486. The van der Waals surface area contributed by atoms with Crippen molar-refractivity contribution in [1.29, 1.82) is 0 Å². The lowest BCUT2D eigenvalue weighted by Gasteiger charge is -2.06. The fourth-order valence-electron chi connectivity index (χ4n) is 2.52. The highest BCUT2D eigenvalue weighted by Gasteiger charge is 2.15. The van der Waals surface area contributed by atoms with E-state index in [1.807, 2.05) is 0 Å². The van der Waals surface area contributed by atoms with Gasteiger partial charge in [0, 0.05) is 16.5 Å². The molecule has 1 aliphatic rings. The van der Waals surface area contributed by atoms with E-state index in [-0.39, 0.29) is 12.4 Å². The zero-order valence-electron chi connectivity index (χ0n) is 13.0. The second kappa shape index (κ2) is 6.72. The average molecular weight is 411 g/mol. The Morgan fingerprint density at radius 3 is 2.46 bits per heavy atom. The number of ether oxygens (including phenoxy) is 2. The Morgan fingerprint density at radius 1 is 1.04 bits per heavy atom. The molecule has 2 N–H and O–H groups in total. The average Bonchev–Trinajstić information content (AvgIpc) is 3.02. The maximum Gasteiger partial charge on any atom is 0.257 e. The number of halogens is 3. The van der Waals surface area contributed by atoms with Gasteiger partial charge < -0.3 is 14.5 Å². The minimum Gasteiger partial charge on any atom is -0.454 e. The fraction of sp³-hybridized carbons (Fsp3) is 0.0588. The second-order valence-corrected chi connectivity index (χ2v) is 6.71. The second-order valence-electron chi connectivity index (χ2n) is 5.46. The molecule has 0 radical (unpaired) electrons. The molecule has 4 rings (SSSR count). The number of pyridine rings is 1. The number of hydrogen-bond acceptors (Lipinski definition) is 5. The Morgan fingerprint density at radius 2 is 1.73 bits per heavy atom. The summed E-state index contributed by atoms with van der Waals surface area (Å²) in [5.41, 5.74) is 3.82. The van der Waals surface area contributed by atoms with E-state index in [0.29, 0.717) is 43.3 Å². The summed E-state index contributed by atoms with van der Waals surface area (Å²) in [5.74, 6) is 1.23. The maximum atomic E-state index is 12.2. The molecule has 6 nitrogen and oxygen atoms in total. The summed E-state index contributed by atoms with van der Waals surface area (Å²) in [6, 6.07) is 8.31. The number of fused-ring (bicyclic) bond motifs is 2. The van der Waals surface area contributed by atoms with Gasteiger partial charge in [0.05, 0.1) is 33.0 Å². The summed E-state index contributed by atoms with van der Waals surface area (Å²) in [6.07, 6.45) is 1.38. The minimum absolute atomic E-state index is 0.163. The highest BCUT2D eigenvalue weighted by molar-refractivity contribution is 6.41. The summed E-state index contributed by atoms with van der Waals surface area (Å²) in [5, 5.41) is 5.88. The van der Waals surface area contributed by atoms with Crippen molar-refractivity contribution < 1.29 is 9.47 Å². The molecule has 0 bridgehead atoms. The molecule has 26 heavy (non-hydrogen) atoms. The smallest absolute Gasteiger partial charge is 0.257 e. The lowest BCUT2D eigenvalue weighted by Crippen LogP contribution is -2.12. The van der Waals surface area contributed by atoms with Gasteiger partial charge in [-0.05, 0) is 24.3 Å². The number of hydrazone groups is 1. The molecule has 0 saturated carbocycles. The van der Waals surface area contributed by atoms with Crippen molar-refractivity contribution in [1.82, 2.24) is 4.98 Å². The lowest BCUT2D eigenvalue weighted by atomic mass is 10.1. The number of H-pyrrole nitrogens is 1. The number of nitrogens with one attached hydrogen (secondary N) is 2. The molecule has 0 fully saturated rings. The lowest BCUT2D eigenvalue weighted by molar-refractivity contribution is 0.174. The summed E-state index contributed by atoms with van der Waals surface area (Å²) in [4.78, 5) is 15.0. The first-order chi connectivity index (χ1) is 12.5. The summed E-state index contributed by atoms with van der Waals surface area (Å²) in [6.45, 7) is 0.163. The van der Waals surface area contributed by atoms with Crippen LogP contribution in [0.15, 0.2) is 40.2 Å². The highest BCUT2D eigenvalue weighted by Crippen LogP contribution is 2.35. The molecule has 132 valence electrons. The Balaban J connectivity index is 1.65. The molecule has 0 saturated heterocycles. The van der Waals surface area contributed by atoms with E-state index < -0.39 is 0 Å². The van der Waals surface area contributed by atoms with Crippen LogP contribution in [0.2, 0.25) is 15.1 Å². The first-order valence-electron chi connectivity index (χ1n) is 7.41. The number of anilines is 1. The van der Waals surface area contributed by atoms with Gasteiger partial charge in [0.15, 0.2) is 11.5 Å². The predicted octanol–water partition coefficient (Wildman–Crippen LogP) is 4.66. The van der Waals surface area contributed by atoms with Crippen molar-refractivity contribution in [2.45, 2.75) is 0 Å². The van der Waals surface area contributed by atoms with Crippen molar-refractivity contribution in [2.24, 2.45) is 5.10 Å². The van der Waals surface area contributed by atoms with Crippen molar-refractivity contribution in [3.8, 4) is 11.5 Å². The normalized spacial score (nSPS) is 12.9. The Kier molecular flexibility index (Phi) is 4.40. The molecule has 0 amide bonds. The molecule has 9 heteroatoms. The number of rotatable bonds is 3. The number of hydrogen-bond donors (Lipinski definition) is 2. The van der Waals surface area contributed by atoms with E-state index in [1.54, 1.807) is 30.3 Å². The van der Waals surface area contributed by atoms with Gasteiger partial charge in [0.1, 0.15) is 0 Å². The summed E-state index contributed by atoms with van der Waals surface area (Å²) < 4.78 is 10.7. The first-order valence-corrected chi connectivity index (χ1v) is 8.55. The molecule has 2 aromatic carbocycles. The molecule has 3 aromatic rings. The van der Waals surface area contributed by atoms with Crippen molar-refractivity contribution in [3.05, 3.63) is 61.3 Å². The molecule has 2 heterocycles. The van der Waals surface area contributed by atoms with Gasteiger partial charge in [-0.25, -0.2) is 0 Å². The number of benzene rings is 2.